The molecule has 4 nitrogen and oxygen atoms in total. The maximum absolute atomic E-state index is 10.1. The lowest BCUT2D eigenvalue weighted by Crippen LogP contribution is -2.47. The van der Waals surface area contributed by atoms with Gasteiger partial charge in [0, 0.05) is 12.0 Å². The first-order valence-electron chi connectivity index (χ1n) is 3.28. The molecule has 0 aromatic heterocycles. The van der Waals surface area contributed by atoms with Gasteiger partial charge in [-0.15, -0.1) is 0 Å². The topological polar surface area (TPSA) is 79.0 Å². The Kier molecular flexibility index (Phi) is 1.89. The number of rotatable bonds is 2. The first-order valence-corrected chi connectivity index (χ1v) is 3.28. The van der Waals surface area contributed by atoms with E-state index in [9.17, 15) is 4.79 Å². The van der Waals surface area contributed by atoms with Gasteiger partial charge < -0.3 is 15.8 Å². The SMILES string of the molecule is N=C(N)NC1CC(C=O)C1. The number of nitrogens with one attached hydrogen (secondary N) is 2. The lowest BCUT2D eigenvalue weighted by molar-refractivity contribution is -0.113. The molecule has 0 aromatic carbocycles. The quantitative estimate of drug-likeness (QED) is 0.274. The minimum absolute atomic E-state index is 0.00523. The Balaban J connectivity index is 2.14. The monoisotopic (exact) mass is 141 g/mol. The van der Waals surface area contributed by atoms with Crippen LogP contribution in [0, 0.1) is 11.3 Å². The molecule has 1 rings (SSSR count). The Morgan fingerprint density at radius 2 is 2.30 bits per heavy atom. The maximum atomic E-state index is 10.1. The molecule has 1 fully saturated rings. The van der Waals surface area contributed by atoms with Crippen molar-refractivity contribution in [2.45, 2.75) is 18.9 Å². The smallest absolute Gasteiger partial charge is 0.185 e. The van der Waals surface area contributed by atoms with Crippen molar-refractivity contribution in [2.24, 2.45) is 11.7 Å². The number of nitrogens with two attached hydrogens (primary N) is 1. The second kappa shape index (κ2) is 2.68. The third-order valence-electron chi connectivity index (χ3n) is 1.73. The van der Waals surface area contributed by atoms with Crippen LogP contribution in [0.3, 0.4) is 0 Å². The maximum Gasteiger partial charge on any atom is 0.185 e. The average molecular weight is 141 g/mol. The van der Waals surface area contributed by atoms with Crippen molar-refractivity contribution in [1.82, 2.24) is 5.32 Å². The van der Waals surface area contributed by atoms with Crippen molar-refractivity contribution in [2.75, 3.05) is 0 Å². The number of hydrogen-bond acceptors (Lipinski definition) is 2. The predicted octanol–water partition coefficient (Wildman–Crippen LogP) is -0.553. The summed E-state index contributed by atoms with van der Waals surface area (Å²) in [5, 5.41) is 9.61. The number of carbonyl (C=O) groups excluding carboxylic acids is 1. The molecule has 0 heterocycles. The van der Waals surface area contributed by atoms with Crippen LogP contribution in [0.25, 0.3) is 0 Å². The molecule has 0 radical (unpaired) electrons. The van der Waals surface area contributed by atoms with E-state index in [0.717, 1.165) is 19.1 Å². The predicted molar refractivity (Wildman–Crippen MR) is 37.6 cm³/mol. The summed E-state index contributed by atoms with van der Waals surface area (Å²) in [6, 6.07) is 0.257. The van der Waals surface area contributed by atoms with Crippen LogP contribution in [0.4, 0.5) is 0 Å². The molecule has 4 heteroatoms. The minimum atomic E-state index is -0.00523. The molecule has 0 bridgehead atoms. The first kappa shape index (κ1) is 7.05. The number of guanidine groups is 1. The summed E-state index contributed by atoms with van der Waals surface area (Å²) in [6.45, 7) is 0. The molecule has 0 atom stereocenters. The second-order valence-corrected chi connectivity index (χ2v) is 2.62. The van der Waals surface area contributed by atoms with Gasteiger partial charge in [0.25, 0.3) is 0 Å². The summed E-state index contributed by atoms with van der Waals surface area (Å²) < 4.78 is 0. The van der Waals surface area contributed by atoms with E-state index in [1.165, 1.54) is 0 Å². The molecule has 0 unspecified atom stereocenters. The molecule has 0 aliphatic heterocycles. The molecule has 10 heavy (non-hydrogen) atoms. The van der Waals surface area contributed by atoms with E-state index in [2.05, 4.69) is 5.32 Å². The van der Waals surface area contributed by atoms with Crippen LogP contribution in [0.2, 0.25) is 0 Å². The van der Waals surface area contributed by atoms with E-state index in [4.69, 9.17) is 11.1 Å². The van der Waals surface area contributed by atoms with E-state index in [0.29, 0.717) is 0 Å². The third-order valence-corrected chi connectivity index (χ3v) is 1.73. The summed E-state index contributed by atoms with van der Waals surface area (Å²) in [6.07, 6.45) is 2.60. The molecular weight excluding hydrogens is 130 g/mol. The molecule has 0 aromatic rings. The Hall–Kier alpha value is -1.06. The van der Waals surface area contributed by atoms with Crippen LogP contribution in [0.1, 0.15) is 12.8 Å². The summed E-state index contributed by atoms with van der Waals surface area (Å²) in [4.78, 5) is 10.1. The largest absolute Gasteiger partial charge is 0.370 e. The highest BCUT2D eigenvalue weighted by Crippen LogP contribution is 2.24. The molecule has 1 saturated carbocycles. The van der Waals surface area contributed by atoms with E-state index < -0.39 is 0 Å². The fourth-order valence-electron chi connectivity index (χ4n) is 1.11. The highest BCUT2D eigenvalue weighted by atomic mass is 16.1. The summed E-state index contributed by atoms with van der Waals surface area (Å²) >= 11 is 0. The minimum Gasteiger partial charge on any atom is -0.370 e. The fraction of sp³-hybridized carbons (Fsp3) is 0.667. The standard InChI is InChI=1S/C6H11N3O/c7-6(8)9-5-1-4(2-5)3-10/h3-5H,1-2H2,(H4,7,8,9). The summed E-state index contributed by atoms with van der Waals surface area (Å²) in [5.74, 6) is 0.186. The van der Waals surface area contributed by atoms with Crippen LogP contribution >= 0.6 is 0 Å². The molecule has 4 N–H and O–H groups in total. The van der Waals surface area contributed by atoms with Crippen molar-refractivity contribution in [3.8, 4) is 0 Å². The Morgan fingerprint density at radius 1 is 1.70 bits per heavy atom. The lowest BCUT2D eigenvalue weighted by Gasteiger charge is -2.32. The van der Waals surface area contributed by atoms with Gasteiger partial charge in [0.15, 0.2) is 5.96 Å². The van der Waals surface area contributed by atoms with Gasteiger partial charge in [-0.2, -0.15) is 0 Å². The molecule has 1 aliphatic rings. The van der Waals surface area contributed by atoms with Crippen LogP contribution in [0.5, 0.6) is 0 Å². The van der Waals surface area contributed by atoms with Gasteiger partial charge >= 0.3 is 0 Å². The average Bonchev–Trinajstić information content (AvgIpc) is 1.76. The zero-order valence-corrected chi connectivity index (χ0v) is 5.63. The van der Waals surface area contributed by atoms with Gasteiger partial charge in [-0.1, -0.05) is 0 Å². The van der Waals surface area contributed by atoms with Crippen LogP contribution < -0.4 is 11.1 Å². The third kappa shape index (κ3) is 1.46. The van der Waals surface area contributed by atoms with Crippen molar-refractivity contribution >= 4 is 12.2 Å². The van der Waals surface area contributed by atoms with Crippen molar-refractivity contribution in [3.05, 3.63) is 0 Å². The van der Waals surface area contributed by atoms with Crippen LogP contribution in [-0.2, 0) is 4.79 Å². The fourth-order valence-corrected chi connectivity index (χ4v) is 1.11. The van der Waals surface area contributed by atoms with Gasteiger partial charge in [-0.25, -0.2) is 0 Å². The molecule has 0 spiro atoms. The Morgan fingerprint density at radius 3 is 2.70 bits per heavy atom. The van der Waals surface area contributed by atoms with E-state index in [1.54, 1.807) is 0 Å². The van der Waals surface area contributed by atoms with Crippen LogP contribution in [-0.4, -0.2) is 18.3 Å². The van der Waals surface area contributed by atoms with E-state index in [1.807, 2.05) is 0 Å². The van der Waals surface area contributed by atoms with Crippen molar-refractivity contribution in [1.29, 1.82) is 5.41 Å². The summed E-state index contributed by atoms with van der Waals surface area (Å²) in [5.41, 5.74) is 5.07. The number of carbonyl (C=O) groups is 1. The van der Waals surface area contributed by atoms with Gasteiger partial charge in [0.05, 0.1) is 0 Å². The first-order chi connectivity index (χ1) is 4.72. The zero-order chi connectivity index (χ0) is 7.56. The second-order valence-electron chi connectivity index (χ2n) is 2.62. The number of hydrogen-bond donors (Lipinski definition) is 3. The lowest BCUT2D eigenvalue weighted by atomic mass is 9.81. The molecule has 1 aliphatic carbocycles. The Labute approximate surface area is 59.3 Å². The molecule has 0 saturated heterocycles. The number of aldehydes is 1. The Bertz CT molecular complexity index is 151. The van der Waals surface area contributed by atoms with Gasteiger partial charge in [-0.3, -0.25) is 5.41 Å². The molecule has 0 amide bonds. The normalized spacial score (nSPS) is 30.4. The van der Waals surface area contributed by atoms with Crippen molar-refractivity contribution in [3.63, 3.8) is 0 Å². The van der Waals surface area contributed by atoms with Crippen molar-refractivity contribution < 1.29 is 4.79 Å². The zero-order valence-electron chi connectivity index (χ0n) is 5.63. The highest BCUT2D eigenvalue weighted by Gasteiger charge is 2.28. The molecular formula is C6H11N3O. The van der Waals surface area contributed by atoms with Gasteiger partial charge in [0.2, 0.25) is 0 Å². The van der Waals surface area contributed by atoms with Crippen LogP contribution in [0.15, 0.2) is 0 Å². The van der Waals surface area contributed by atoms with E-state index in [-0.39, 0.29) is 17.9 Å². The molecule has 56 valence electrons. The van der Waals surface area contributed by atoms with Gasteiger partial charge in [-0.05, 0) is 12.8 Å². The summed E-state index contributed by atoms with van der Waals surface area (Å²) in [7, 11) is 0. The van der Waals surface area contributed by atoms with E-state index >= 15 is 0 Å². The highest BCUT2D eigenvalue weighted by molar-refractivity contribution is 5.75. The van der Waals surface area contributed by atoms with Gasteiger partial charge in [0.1, 0.15) is 6.29 Å².